The number of carbonyl (C=O) groups excluding carboxylic acids is 2. The molecule has 0 aliphatic heterocycles. The van der Waals surface area contributed by atoms with Crippen LogP contribution in [-0.4, -0.2) is 24.4 Å². The fourth-order valence-corrected chi connectivity index (χ4v) is 2.41. The summed E-state index contributed by atoms with van der Waals surface area (Å²) in [5, 5.41) is 3.11. The number of terminal acetylenes is 1. The largest absolute Gasteiger partial charge is 0.464 e. The first-order valence-electron chi connectivity index (χ1n) is 7.74. The lowest BCUT2D eigenvalue weighted by Crippen LogP contribution is -2.45. The van der Waals surface area contributed by atoms with Crippen molar-refractivity contribution in [3.8, 4) is 12.3 Å². The number of ketones is 1. The lowest BCUT2D eigenvalue weighted by molar-refractivity contribution is -0.148. The fraction of sp³-hybridized carbons (Fsp3) is 0.556. The summed E-state index contributed by atoms with van der Waals surface area (Å²) >= 11 is 0. The molecule has 4 heteroatoms. The van der Waals surface area contributed by atoms with E-state index in [0.717, 1.165) is 12.1 Å². The zero-order valence-electron chi connectivity index (χ0n) is 13.8. The Morgan fingerprint density at radius 2 is 2.14 bits per heavy atom. The smallest absolute Gasteiger partial charge is 0.329 e. The number of rotatable bonds is 7. The highest BCUT2D eigenvalue weighted by Crippen LogP contribution is 2.25. The molecule has 0 aromatic rings. The molecular formula is C18H25NO3. The van der Waals surface area contributed by atoms with Gasteiger partial charge in [-0.05, 0) is 38.3 Å². The topological polar surface area (TPSA) is 55.4 Å². The Bertz CT molecular complexity index is 513. The van der Waals surface area contributed by atoms with Gasteiger partial charge in [0.15, 0.2) is 0 Å². The minimum atomic E-state index is -0.704. The molecule has 0 bridgehead atoms. The van der Waals surface area contributed by atoms with Crippen LogP contribution in [0.1, 0.15) is 34.1 Å². The highest BCUT2D eigenvalue weighted by atomic mass is 16.5. The minimum absolute atomic E-state index is 0.00650. The summed E-state index contributed by atoms with van der Waals surface area (Å²) in [4.78, 5) is 23.7. The van der Waals surface area contributed by atoms with Crippen LogP contribution in [0.15, 0.2) is 23.9 Å². The summed E-state index contributed by atoms with van der Waals surface area (Å²) in [5.41, 5.74) is 0.763. The van der Waals surface area contributed by atoms with Gasteiger partial charge in [-0.1, -0.05) is 25.8 Å². The van der Waals surface area contributed by atoms with E-state index in [1.54, 1.807) is 13.8 Å². The molecule has 2 unspecified atom stereocenters. The molecule has 0 aromatic carbocycles. The second-order valence-electron chi connectivity index (χ2n) is 5.52. The van der Waals surface area contributed by atoms with Crippen LogP contribution in [0.3, 0.4) is 0 Å². The predicted molar refractivity (Wildman–Crippen MR) is 86.7 cm³/mol. The van der Waals surface area contributed by atoms with Gasteiger partial charge < -0.3 is 10.1 Å². The maximum atomic E-state index is 12.1. The van der Waals surface area contributed by atoms with E-state index in [0.29, 0.717) is 5.92 Å². The maximum Gasteiger partial charge on any atom is 0.329 e. The number of carbonyl (C=O) groups is 2. The number of nitrogens with one attached hydrogen (secondary N) is 1. The number of hydrogen-bond acceptors (Lipinski definition) is 4. The minimum Gasteiger partial charge on any atom is -0.464 e. The van der Waals surface area contributed by atoms with Crippen molar-refractivity contribution in [3.63, 3.8) is 0 Å². The Kier molecular flexibility index (Phi) is 6.91. The van der Waals surface area contributed by atoms with Crippen LogP contribution < -0.4 is 5.32 Å². The molecule has 1 aliphatic carbocycles. The van der Waals surface area contributed by atoms with Crippen LogP contribution in [0.25, 0.3) is 0 Å². The molecule has 1 aliphatic rings. The second kappa shape index (κ2) is 8.43. The van der Waals surface area contributed by atoms with Gasteiger partial charge >= 0.3 is 5.97 Å². The number of esters is 1. The third kappa shape index (κ3) is 4.49. The Morgan fingerprint density at radius 3 is 2.64 bits per heavy atom. The number of hydrogen-bond donors (Lipinski definition) is 1. The molecule has 120 valence electrons. The first-order chi connectivity index (χ1) is 10.4. The summed E-state index contributed by atoms with van der Waals surface area (Å²) in [7, 11) is 0. The van der Waals surface area contributed by atoms with Crippen molar-refractivity contribution in [2.24, 2.45) is 17.8 Å². The maximum absolute atomic E-state index is 12.1. The molecule has 1 N–H and O–H groups in total. The molecular weight excluding hydrogens is 278 g/mol. The number of Topliss-reactive ketones (excluding diaryl/α,β-unsaturated/α-hetero) is 1. The second-order valence-corrected chi connectivity index (χ2v) is 5.52. The molecule has 0 spiro atoms. The highest BCUT2D eigenvalue weighted by Gasteiger charge is 2.30. The van der Waals surface area contributed by atoms with E-state index in [1.165, 1.54) is 6.92 Å². The Labute approximate surface area is 133 Å². The molecule has 0 fully saturated rings. The Balaban J connectivity index is 2.93. The predicted octanol–water partition coefficient (Wildman–Crippen LogP) is 2.46. The average molecular weight is 303 g/mol. The van der Waals surface area contributed by atoms with Crippen LogP contribution in [0.4, 0.5) is 0 Å². The summed E-state index contributed by atoms with van der Waals surface area (Å²) in [6.45, 7) is 7.30. The summed E-state index contributed by atoms with van der Waals surface area (Å²) < 4.78 is 5.07. The summed E-state index contributed by atoms with van der Waals surface area (Å²) in [6.07, 6.45) is 12.4. The van der Waals surface area contributed by atoms with E-state index in [2.05, 4.69) is 18.2 Å². The van der Waals surface area contributed by atoms with Crippen LogP contribution in [0, 0.1) is 30.1 Å². The normalized spacial score (nSPS) is 23.0. The van der Waals surface area contributed by atoms with Gasteiger partial charge in [0.2, 0.25) is 0 Å². The third-order valence-electron chi connectivity index (χ3n) is 4.01. The molecule has 0 amide bonds. The van der Waals surface area contributed by atoms with Crippen LogP contribution in [0.5, 0.6) is 0 Å². The van der Waals surface area contributed by atoms with Crippen molar-refractivity contribution in [2.75, 3.05) is 6.61 Å². The monoisotopic (exact) mass is 303 g/mol. The van der Waals surface area contributed by atoms with Crippen molar-refractivity contribution >= 4 is 11.8 Å². The van der Waals surface area contributed by atoms with Crippen LogP contribution in [-0.2, 0) is 14.3 Å². The summed E-state index contributed by atoms with van der Waals surface area (Å²) in [5.74, 6) is 2.11. The van der Waals surface area contributed by atoms with Gasteiger partial charge in [-0.25, -0.2) is 4.79 Å². The van der Waals surface area contributed by atoms with Gasteiger partial charge in [0.05, 0.1) is 6.61 Å². The Morgan fingerprint density at radius 1 is 1.45 bits per heavy atom. The molecule has 0 saturated heterocycles. The first kappa shape index (κ1) is 18.0. The highest BCUT2D eigenvalue weighted by molar-refractivity contribution is 5.87. The van der Waals surface area contributed by atoms with E-state index in [4.69, 9.17) is 11.2 Å². The quantitative estimate of drug-likeness (QED) is 0.580. The lowest BCUT2D eigenvalue weighted by Gasteiger charge is -2.26. The van der Waals surface area contributed by atoms with Crippen molar-refractivity contribution in [2.45, 2.75) is 40.2 Å². The van der Waals surface area contributed by atoms with Gasteiger partial charge in [0.1, 0.15) is 11.8 Å². The molecule has 0 radical (unpaired) electrons. The van der Waals surface area contributed by atoms with E-state index in [1.807, 2.05) is 18.2 Å². The van der Waals surface area contributed by atoms with Crippen molar-refractivity contribution in [3.05, 3.63) is 23.9 Å². The Hall–Kier alpha value is -2.02. The zero-order valence-corrected chi connectivity index (χ0v) is 13.8. The molecule has 0 saturated carbocycles. The summed E-state index contributed by atoms with van der Waals surface area (Å²) in [6, 6.07) is -0.704. The molecule has 0 heterocycles. The number of allylic oxidation sites excluding steroid dienone is 3. The van der Waals surface area contributed by atoms with Crippen molar-refractivity contribution in [1.82, 2.24) is 5.32 Å². The van der Waals surface area contributed by atoms with Crippen LogP contribution in [0.2, 0.25) is 0 Å². The first-order valence-corrected chi connectivity index (χ1v) is 7.74. The molecule has 0 aromatic heterocycles. The van der Waals surface area contributed by atoms with E-state index < -0.39 is 17.9 Å². The van der Waals surface area contributed by atoms with Gasteiger partial charge in [-0.15, -0.1) is 6.42 Å². The van der Waals surface area contributed by atoms with Gasteiger partial charge in [0.25, 0.3) is 0 Å². The van der Waals surface area contributed by atoms with E-state index >= 15 is 0 Å². The SMILES string of the molecule is C#CC1C=C(N[C@@H](C(=O)OCC)[C@H](C)C(C)=O)C=CC1CC. The molecule has 1 rings (SSSR count). The molecule has 4 atom stereocenters. The van der Waals surface area contributed by atoms with Crippen LogP contribution >= 0.6 is 0 Å². The zero-order chi connectivity index (χ0) is 16.7. The lowest BCUT2D eigenvalue weighted by atomic mass is 9.86. The molecule has 4 nitrogen and oxygen atoms in total. The number of ether oxygens (including phenoxy) is 1. The fourth-order valence-electron chi connectivity index (χ4n) is 2.41. The van der Waals surface area contributed by atoms with Gasteiger partial charge in [-0.3, -0.25) is 4.79 Å². The van der Waals surface area contributed by atoms with Crippen molar-refractivity contribution < 1.29 is 14.3 Å². The third-order valence-corrected chi connectivity index (χ3v) is 4.01. The van der Waals surface area contributed by atoms with Crippen molar-refractivity contribution in [1.29, 1.82) is 0 Å². The van der Waals surface area contributed by atoms with Gasteiger partial charge in [0, 0.05) is 17.5 Å². The molecule has 22 heavy (non-hydrogen) atoms. The average Bonchev–Trinajstić information content (AvgIpc) is 2.51. The van der Waals surface area contributed by atoms with E-state index in [-0.39, 0.29) is 18.3 Å². The standard InChI is InChI=1S/C18H25NO3/c1-6-14-9-10-16(11-15(14)7-2)19-17(12(4)13(5)20)18(21)22-8-3/h2,9-12,14-15,17,19H,6,8H2,1,3-5H3/t12-,14?,15?,17-/m1/s1. The van der Waals surface area contributed by atoms with E-state index in [9.17, 15) is 9.59 Å². The van der Waals surface area contributed by atoms with Gasteiger partial charge in [-0.2, -0.15) is 0 Å².